The lowest BCUT2D eigenvalue weighted by Gasteiger charge is -2.46. The van der Waals surface area contributed by atoms with Crippen molar-refractivity contribution in [3.05, 3.63) is 45.7 Å². The van der Waals surface area contributed by atoms with Crippen molar-refractivity contribution in [2.45, 2.75) is 37.7 Å². The number of phenolic OH excluding ortho intramolecular Hbond substituents is 1. The number of aryl methyl sites for hydroxylation is 1. The molecule has 1 fully saturated rings. The van der Waals surface area contributed by atoms with E-state index in [0.717, 1.165) is 5.56 Å². The van der Waals surface area contributed by atoms with Gasteiger partial charge in [0.1, 0.15) is 22.8 Å². The first kappa shape index (κ1) is 20.6. The van der Waals surface area contributed by atoms with Gasteiger partial charge in [0, 0.05) is 24.3 Å². The number of hydrogen-bond donors (Lipinski definition) is 5. The number of aliphatic hydroxyl groups excluding tert-OH is 2. The first-order valence-corrected chi connectivity index (χ1v) is 9.80. The Balaban J connectivity index is 1.90. The SMILES string of the molecule is N#CCCc1ccc(O)c2c1C[C@H]1C[C@H]3CC(=O)C(C(N)=O)=C(O)[C@@]3(O)C(=O)C1=C2O. The Morgan fingerprint density at radius 2 is 1.94 bits per heavy atom. The Kier molecular flexibility index (Phi) is 4.63. The van der Waals surface area contributed by atoms with Crippen molar-refractivity contribution in [3.63, 3.8) is 0 Å². The minimum Gasteiger partial charge on any atom is -0.508 e. The number of phenols is 1. The number of nitriles is 1. The second kappa shape index (κ2) is 6.96. The Morgan fingerprint density at radius 1 is 1.23 bits per heavy atom. The Bertz CT molecular complexity index is 1160. The lowest BCUT2D eigenvalue weighted by atomic mass is 9.59. The van der Waals surface area contributed by atoms with Gasteiger partial charge in [-0.15, -0.1) is 0 Å². The lowest BCUT2D eigenvalue weighted by molar-refractivity contribution is -0.147. The maximum atomic E-state index is 13.3. The topological polar surface area (TPSA) is 182 Å². The van der Waals surface area contributed by atoms with Crippen LogP contribution in [0.1, 0.15) is 36.0 Å². The molecule has 1 saturated carbocycles. The van der Waals surface area contributed by atoms with Crippen LogP contribution in [0, 0.1) is 23.2 Å². The molecule has 31 heavy (non-hydrogen) atoms. The summed E-state index contributed by atoms with van der Waals surface area (Å²) in [5.41, 5.74) is 2.98. The molecule has 0 aromatic heterocycles. The molecule has 9 nitrogen and oxygen atoms in total. The van der Waals surface area contributed by atoms with Crippen LogP contribution >= 0.6 is 0 Å². The number of carbonyl (C=O) groups is 3. The third-order valence-corrected chi connectivity index (χ3v) is 6.55. The molecule has 6 N–H and O–H groups in total. The molecule has 0 heterocycles. The van der Waals surface area contributed by atoms with E-state index in [4.69, 9.17) is 11.0 Å². The molecule has 0 radical (unpaired) electrons. The monoisotopic (exact) mass is 424 g/mol. The van der Waals surface area contributed by atoms with Crippen molar-refractivity contribution >= 4 is 23.2 Å². The van der Waals surface area contributed by atoms with E-state index in [1.54, 1.807) is 6.07 Å². The third-order valence-electron chi connectivity index (χ3n) is 6.55. The molecule has 0 saturated heterocycles. The second-order valence-corrected chi connectivity index (χ2v) is 8.16. The van der Waals surface area contributed by atoms with Gasteiger partial charge in [-0.05, 0) is 42.4 Å². The van der Waals surface area contributed by atoms with Crippen LogP contribution in [0.2, 0.25) is 0 Å². The molecule has 9 heteroatoms. The third kappa shape index (κ3) is 2.75. The van der Waals surface area contributed by atoms with Gasteiger partial charge in [-0.25, -0.2) is 0 Å². The van der Waals surface area contributed by atoms with Crippen molar-refractivity contribution in [1.82, 2.24) is 0 Å². The van der Waals surface area contributed by atoms with Crippen molar-refractivity contribution < 1.29 is 34.8 Å². The van der Waals surface area contributed by atoms with E-state index < -0.39 is 52.0 Å². The molecule has 1 amide bonds. The fraction of sp³-hybridized carbons (Fsp3) is 0.364. The Labute approximate surface area is 176 Å². The predicted octanol–water partition coefficient (Wildman–Crippen LogP) is 0.880. The van der Waals surface area contributed by atoms with Crippen LogP contribution < -0.4 is 5.73 Å². The Hall–Kier alpha value is -3.64. The van der Waals surface area contributed by atoms with E-state index in [-0.39, 0.29) is 42.6 Å². The highest BCUT2D eigenvalue weighted by molar-refractivity contribution is 6.22. The van der Waals surface area contributed by atoms with E-state index in [9.17, 15) is 34.8 Å². The van der Waals surface area contributed by atoms with Crippen molar-refractivity contribution in [2.24, 2.45) is 17.6 Å². The zero-order valence-electron chi connectivity index (χ0n) is 16.4. The minimum atomic E-state index is -2.57. The van der Waals surface area contributed by atoms with Crippen molar-refractivity contribution in [1.29, 1.82) is 5.26 Å². The molecule has 3 atom stereocenters. The van der Waals surface area contributed by atoms with E-state index in [0.29, 0.717) is 12.0 Å². The summed E-state index contributed by atoms with van der Waals surface area (Å²) in [5.74, 6) is -6.50. The van der Waals surface area contributed by atoms with E-state index in [1.807, 2.05) is 6.07 Å². The quantitative estimate of drug-likeness (QED) is 0.443. The molecule has 0 unspecified atom stereocenters. The molecule has 1 aromatic carbocycles. The van der Waals surface area contributed by atoms with Gasteiger partial charge in [-0.3, -0.25) is 14.4 Å². The number of hydrogen-bond acceptors (Lipinski definition) is 8. The van der Waals surface area contributed by atoms with Crippen LogP contribution in [0.4, 0.5) is 0 Å². The number of carbonyl (C=O) groups excluding carboxylic acids is 3. The number of aliphatic hydroxyl groups is 3. The summed E-state index contributed by atoms with van der Waals surface area (Å²) in [7, 11) is 0. The number of Topliss-reactive ketones (excluding diaryl/α,β-unsaturated/α-hetero) is 2. The summed E-state index contributed by atoms with van der Waals surface area (Å²) in [5, 5.41) is 51.9. The lowest BCUT2D eigenvalue weighted by Crippen LogP contribution is -2.58. The molecule has 0 aliphatic heterocycles. The normalized spacial score (nSPS) is 27.4. The van der Waals surface area contributed by atoms with Crippen LogP contribution in [0.5, 0.6) is 5.75 Å². The van der Waals surface area contributed by atoms with Gasteiger partial charge >= 0.3 is 0 Å². The largest absolute Gasteiger partial charge is 0.508 e. The van der Waals surface area contributed by atoms with Gasteiger partial charge < -0.3 is 26.2 Å². The number of ketones is 2. The second-order valence-electron chi connectivity index (χ2n) is 8.16. The van der Waals surface area contributed by atoms with Gasteiger partial charge in [0.2, 0.25) is 5.78 Å². The summed E-state index contributed by atoms with van der Waals surface area (Å²) >= 11 is 0. The number of rotatable bonds is 3. The first-order chi connectivity index (χ1) is 14.6. The fourth-order valence-electron chi connectivity index (χ4n) is 5.11. The molecular formula is C22H20N2O7. The van der Waals surface area contributed by atoms with Crippen molar-refractivity contribution in [3.8, 4) is 11.8 Å². The van der Waals surface area contributed by atoms with Gasteiger partial charge in [-0.2, -0.15) is 5.26 Å². The summed E-state index contributed by atoms with van der Waals surface area (Å²) in [6.07, 6.45) is 0.576. The van der Waals surface area contributed by atoms with Crippen LogP contribution in [0.25, 0.3) is 5.76 Å². The van der Waals surface area contributed by atoms with E-state index in [1.165, 1.54) is 6.07 Å². The summed E-state index contributed by atoms with van der Waals surface area (Å²) < 4.78 is 0. The first-order valence-electron chi connectivity index (χ1n) is 9.80. The zero-order chi connectivity index (χ0) is 22.7. The smallest absolute Gasteiger partial charge is 0.255 e. The summed E-state index contributed by atoms with van der Waals surface area (Å²) in [6.45, 7) is 0. The van der Waals surface area contributed by atoms with E-state index >= 15 is 0 Å². The average molecular weight is 424 g/mol. The van der Waals surface area contributed by atoms with Crippen LogP contribution in [0.3, 0.4) is 0 Å². The zero-order valence-corrected chi connectivity index (χ0v) is 16.4. The van der Waals surface area contributed by atoms with Gasteiger partial charge in [-0.1, -0.05) is 6.07 Å². The van der Waals surface area contributed by atoms with Crippen molar-refractivity contribution in [2.75, 3.05) is 0 Å². The van der Waals surface area contributed by atoms with Gasteiger partial charge in [0.25, 0.3) is 5.91 Å². The summed E-state index contributed by atoms with van der Waals surface area (Å²) in [6, 6.07) is 5.06. The number of nitrogens with zero attached hydrogens (tertiary/aromatic N) is 1. The van der Waals surface area contributed by atoms with Gasteiger partial charge in [0.05, 0.1) is 11.6 Å². The highest BCUT2D eigenvalue weighted by Crippen LogP contribution is 2.52. The predicted molar refractivity (Wildman–Crippen MR) is 105 cm³/mol. The van der Waals surface area contributed by atoms with Crippen LogP contribution in [0.15, 0.2) is 29.0 Å². The van der Waals surface area contributed by atoms with E-state index in [2.05, 4.69) is 0 Å². The minimum absolute atomic E-state index is 0.0440. The maximum Gasteiger partial charge on any atom is 0.255 e. The number of primary amides is 1. The molecule has 3 aliphatic carbocycles. The number of amides is 1. The van der Waals surface area contributed by atoms with Crippen LogP contribution in [-0.4, -0.2) is 43.5 Å². The number of aromatic hydroxyl groups is 1. The molecule has 1 aromatic rings. The highest BCUT2D eigenvalue weighted by Gasteiger charge is 2.60. The number of nitrogens with two attached hydrogens (primary N) is 1. The fourth-order valence-corrected chi connectivity index (χ4v) is 5.11. The standard InChI is InChI=1S/C22H20N2O7/c23-5-1-2-9-3-4-13(25)16-12(9)7-10-6-11-8-14(26)17(21(24)30)20(29)22(11,31)19(28)15(10)18(16)27/h3-4,10-11,25,27,29,31H,1-2,6-8H2,(H2,24,30)/t10-,11+,22+/m1/s1. The molecular weight excluding hydrogens is 404 g/mol. The molecule has 0 bridgehead atoms. The number of fused-ring (bicyclic) bond motifs is 3. The van der Waals surface area contributed by atoms with Crippen LogP contribution in [-0.2, 0) is 27.2 Å². The van der Waals surface area contributed by atoms with Gasteiger partial charge in [0.15, 0.2) is 11.4 Å². The summed E-state index contributed by atoms with van der Waals surface area (Å²) in [4.78, 5) is 37.3. The maximum absolute atomic E-state index is 13.3. The number of benzene rings is 1. The molecule has 160 valence electrons. The molecule has 3 aliphatic rings. The molecule has 4 rings (SSSR count). The average Bonchev–Trinajstić information content (AvgIpc) is 2.70. The highest BCUT2D eigenvalue weighted by atomic mass is 16.3. The molecule has 0 spiro atoms. The Morgan fingerprint density at radius 3 is 2.58 bits per heavy atom.